The number of oxime groups is 1. The van der Waals surface area contributed by atoms with E-state index < -0.39 is 29.2 Å². The molecule has 0 spiro atoms. The molecule has 2 aliphatic heterocycles. The van der Waals surface area contributed by atoms with Crippen molar-refractivity contribution in [2.75, 3.05) is 11.5 Å². The maximum Gasteiger partial charge on any atom is 0.276 e. The minimum absolute atomic E-state index is 0.144. The van der Waals surface area contributed by atoms with Crippen LogP contribution in [0.5, 0.6) is 0 Å². The van der Waals surface area contributed by atoms with E-state index in [1.54, 1.807) is 17.0 Å². The van der Waals surface area contributed by atoms with Crippen molar-refractivity contribution in [3.05, 3.63) is 58.8 Å². The van der Waals surface area contributed by atoms with Crippen molar-refractivity contribution < 1.29 is 28.9 Å². The van der Waals surface area contributed by atoms with E-state index in [1.165, 1.54) is 17.1 Å². The number of carboxylic acids is 1. The van der Waals surface area contributed by atoms with Gasteiger partial charge >= 0.3 is 0 Å². The summed E-state index contributed by atoms with van der Waals surface area (Å²) in [5, 5.41) is 32.7. The Kier molecular flexibility index (Phi) is 6.78. The molecule has 37 heavy (non-hydrogen) atoms. The Balaban J connectivity index is 1.32. The molecule has 0 unspecified atom stereocenters. The predicted octanol–water partition coefficient (Wildman–Crippen LogP) is -2.45. The summed E-state index contributed by atoms with van der Waals surface area (Å²) in [6, 6.07) is 4.49. The van der Waals surface area contributed by atoms with Crippen LogP contribution in [0.1, 0.15) is 11.5 Å². The largest absolute Gasteiger partial charge is 0.543 e. The van der Waals surface area contributed by atoms with E-state index in [2.05, 4.69) is 36.1 Å². The van der Waals surface area contributed by atoms with Crippen LogP contribution in [0.4, 0.5) is 5.13 Å². The van der Waals surface area contributed by atoms with Crippen molar-refractivity contribution in [2.45, 2.75) is 24.6 Å². The number of aliphatic carboxylic acids is 1. The number of amides is 2. The van der Waals surface area contributed by atoms with Gasteiger partial charge in [0.15, 0.2) is 36.4 Å². The number of tetrazole rings is 1. The zero-order chi connectivity index (χ0) is 25.9. The zero-order valence-electron chi connectivity index (χ0n) is 18.8. The fourth-order valence-corrected chi connectivity index (χ4v) is 5.65. The molecule has 0 radical (unpaired) electrons. The fraction of sp³-hybridized carbons (Fsp3) is 0.250. The number of nitrogens with two attached hydrogens (primary N) is 1. The number of fused-ring (bicyclic) bond motifs is 1. The number of aromatic amines is 1. The molecule has 2 atom stereocenters. The Hall–Kier alpha value is -4.38. The van der Waals surface area contributed by atoms with Gasteiger partial charge in [0, 0.05) is 28.8 Å². The number of nitrogens with zero attached hydrogens (tertiary/aromatic N) is 7. The highest BCUT2D eigenvalue weighted by molar-refractivity contribution is 8.00. The summed E-state index contributed by atoms with van der Waals surface area (Å²) in [5.74, 6) is -2.24. The summed E-state index contributed by atoms with van der Waals surface area (Å²) in [6.45, 7) is 0.105. The third-order valence-electron chi connectivity index (χ3n) is 5.40. The van der Waals surface area contributed by atoms with Crippen molar-refractivity contribution in [3.63, 3.8) is 0 Å². The first-order valence-electron chi connectivity index (χ1n) is 10.7. The summed E-state index contributed by atoms with van der Waals surface area (Å²) in [4.78, 5) is 48.5. The number of hydrogen-bond donors (Lipinski definition) is 3. The lowest BCUT2D eigenvalue weighted by Gasteiger charge is -2.50. The minimum Gasteiger partial charge on any atom is -0.543 e. The quantitative estimate of drug-likeness (QED) is 0.112. The first kappa shape index (κ1) is 24.3. The Morgan fingerprint density at radius 1 is 1.35 bits per heavy atom. The molecule has 190 valence electrons. The van der Waals surface area contributed by atoms with E-state index >= 15 is 0 Å². The topological polar surface area (TPSA) is 208 Å². The van der Waals surface area contributed by atoms with Crippen molar-refractivity contribution in [3.8, 4) is 0 Å². The maximum absolute atomic E-state index is 13.1. The van der Waals surface area contributed by atoms with Gasteiger partial charge in [-0.15, -0.1) is 33.3 Å². The third kappa shape index (κ3) is 4.98. The van der Waals surface area contributed by atoms with Crippen molar-refractivity contribution >= 4 is 51.7 Å². The van der Waals surface area contributed by atoms with Crippen molar-refractivity contribution in [2.24, 2.45) is 5.16 Å². The molecule has 5 heterocycles. The second kappa shape index (κ2) is 10.3. The lowest BCUT2D eigenvalue weighted by molar-refractivity contribution is -0.689. The number of β-lactam (4-membered cyclic amide) rings is 1. The number of anilines is 1. The SMILES string of the molecule is Nc1nc(C(=NOCc2nn[nH]n2)C(=O)N[C@@H]2C(=O)N3C(C(=O)[O-])=C(C[n+]4ccccc4)CS[C@@H]23)cs1. The molecule has 3 aromatic rings. The van der Waals surface area contributed by atoms with Gasteiger partial charge in [-0.25, -0.2) is 9.55 Å². The average Bonchev–Trinajstić information content (AvgIpc) is 3.57. The van der Waals surface area contributed by atoms with Gasteiger partial charge in [-0.1, -0.05) is 16.4 Å². The maximum atomic E-state index is 13.1. The highest BCUT2D eigenvalue weighted by Gasteiger charge is 2.53. The molecule has 17 heteroatoms. The third-order valence-corrected chi connectivity index (χ3v) is 7.41. The summed E-state index contributed by atoms with van der Waals surface area (Å²) in [7, 11) is 0. The predicted molar refractivity (Wildman–Crippen MR) is 126 cm³/mol. The van der Waals surface area contributed by atoms with Crippen LogP contribution in [0.25, 0.3) is 0 Å². The first-order chi connectivity index (χ1) is 17.9. The van der Waals surface area contributed by atoms with Crippen LogP contribution in [-0.2, 0) is 32.4 Å². The van der Waals surface area contributed by atoms with Crippen LogP contribution in [0, 0.1) is 0 Å². The van der Waals surface area contributed by atoms with E-state index in [4.69, 9.17) is 10.6 Å². The number of carbonyl (C=O) groups excluding carboxylic acids is 3. The smallest absolute Gasteiger partial charge is 0.276 e. The number of aromatic nitrogens is 6. The summed E-state index contributed by atoms with van der Waals surface area (Å²) in [6.07, 6.45) is 3.59. The average molecular weight is 543 g/mol. The van der Waals surface area contributed by atoms with Crippen LogP contribution < -0.4 is 20.7 Å². The van der Waals surface area contributed by atoms with Gasteiger partial charge in [-0.3, -0.25) is 14.5 Å². The molecule has 0 saturated carbocycles. The van der Waals surface area contributed by atoms with Gasteiger partial charge in [0.1, 0.15) is 17.1 Å². The van der Waals surface area contributed by atoms with Gasteiger partial charge in [0.25, 0.3) is 11.8 Å². The molecule has 0 aliphatic carbocycles. The monoisotopic (exact) mass is 542 g/mol. The zero-order valence-corrected chi connectivity index (χ0v) is 20.4. The normalized spacial score (nSPS) is 19.3. The lowest BCUT2D eigenvalue weighted by Crippen LogP contribution is -2.71. The highest BCUT2D eigenvalue weighted by Crippen LogP contribution is 2.40. The van der Waals surface area contributed by atoms with Gasteiger partial charge in [-0.05, 0) is 0 Å². The summed E-state index contributed by atoms with van der Waals surface area (Å²) in [5.41, 5.74) is 5.97. The number of carboxylic acid groups (broad SMARTS) is 1. The fourth-order valence-electron chi connectivity index (χ4n) is 3.76. The molecule has 1 fully saturated rings. The molecule has 0 bridgehead atoms. The molecular formula is C20H18N10O5S2. The molecule has 2 amide bonds. The molecule has 4 N–H and O–H groups in total. The Bertz CT molecular complexity index is 1390. The second-order valence-corrected chi connectivity index (χ2v) is 9.76. The number of thioether (sulfide) groups is 1. The van der Waals surface area contributed by atoms with E-state index in [0.29, 0.717) is 11.3 Å². The van der Waals surface area contributed by atoms with E-state index in [-0.39, 0.29) is 41.2 Å². The van der Waals surface area contributed by atoms with Crippen LogP contribution in [0.3, 0.4) is 0 Å². The number of carbonyl (C=O) groups is 3. The molecule has 5 rings (SSSR count). The van der Waals surface area contributed by atoms with E-state index in [1.807, 2.05) is 18.2 Å². The number of nitrogens with one attached hydrogen (secondary N) is 2. The Morgan fingerprint density at radius 3 is 2.84 bits per heavy atom. The first-order valence-corrected chi connectivity index (χ1v) is 12.6. The minimum atomic E-state index is -1.45. The Labute approximate surface area is 216 Å². The van der Waals surface area contributed by atoms with Crippen LogP contribution >= 0.6 is 23.1 Å². The molecule has 2 aliphatic rings. The number of pyridine rings is 1. The lowest BCUT2D eigenvalue weighted by atomic mass is 10.0. The second-order valence-electron chi connectivity index (χ2n) is 7.76. The number of hydrogen-bond acceptors (Lipinski definition) is 13. The van der Waals surface area contributed by atoms with Crippen molar-refractivity contribution in [1.82, 2.24) is 35.8 Å². The highest BCUT2D eigenvalue weighted by atomic mass is 32.2. The van der Waals surface area contributed by atoms with Gasteiger partial charge in [-0.2, -0.15) is 5.21 Å². The van der Waals surface area contributed by atoms with Crippen LogP contribution in [0.2, 0.25) is 0 Å². The van der Waals surface area contributed by atoms with Gasteiger partial charge < -0.3 is 25.8 Å². The van der Waals surface area contributed by atoms with E-state index in [0.717, 1.165) is 16.2 Å². The van der Waals surface area contributed by atoms with Crippen molar-refractivity contribution in [1.29, 1.82) is 0 Å². The molecule has 15 nitrogen and oxygen atoms in total. The molecule has 3 aromatic heterocycles. The Morgan fingerprint density at radius 2 is 2.16 bits per heavy atom. The molecule has 0 aromatic carbocycles. The molecular weight excluding hydrogens is 524 g/mol. The number of thiazole rings is 1. The summed E-state index contributed by atoms with van der Waals surface area (Å²) < 4.78 is 1.81. The van der Waals surface area contributed by atoms with Crippen LogP contribution in [-0.4, -0.2) is 71.2 Å². The van der Waals surface area contributed by atoms with E-state index in [9.17, 15) is 19.5 Å². The van der Waals surface area contributed by atoms with Gasteiger partial charge in [0.2, 0.25) is 5.82 Å². The van der Waals surface area contributed by atoms with Gasteiger partial charge in [0.05, 0.1) is 11.7 Å². The molecule has 1 saturated heterocycles. The number of H-pyrrole nitrogens is 1. The standard InChI is InChI=1S/C20H18N10O5S2/c21-20-22-11(9-37-20)13(26-35-7-12-24-27-28-25-12)16(31)23-14-17(32)30-15(19(33)34)10(8-36-18(14)30)6-29-4-2-1-3-5-29/h1-5,9,14,18H,6-8H2,(H4-,21,22,23,24,25,27,28,31,33,34)/t14-,18+/m1/s1. The van der Waals surface area contributed by atoms with Crippen LogP contribution in [0.15, 0.2) is 52.4 Å². The summed E-state index contributed by atoms with van der Waals surface area (Å²) >= 11 is 2.43. The number of rotatable bonds is 9. The number of nitrogen functional groups attached to an aromatic ring is 1.